The SMILES string of the molecule is CCOC(=O)[C@H](CCc1ccccc1)N[C@@H](C)C(=O)N1[C@H](C(=O)OCC2OC(=O)O[C@H]2C)CC2CCC[C@@H]21. The van der Waals surface area contributed by atoms with Crippen LogP contribution in [-0.4, -0.2) is 78.5 Å². The summed E-state index contributed by atoms with van der Waals surface area (Å²) in [6.07, 6.45) is 2.46. The number of benzene rings is 1. The molecular formula is C28H38N2O8. The number of hydrogen-bond acceptors (Lipinski definition) is 9. The van der Waals surface area contributed by atoms with Crippen molar-refractivity contribution in [1.29, 1.82) is 0 Å². The fourth-order valence-electron chi connectivity index (χ4n) is 5.79. The van der Waals surface area contributed by atoms with Crippen LogP contribution in [0.5, 0.6) is 0 Å². The quantitative estimate of drug-likeness (QED) is 0.340. The zero-order chi connectivity index (χ0) is 27.2. The van der Waals surface area contributed by atoms with Gasteiger partial charge in [-0.05, 0) is 64.4 Å². The molecule has 3 fully saturated rings. The van der Waals surface area contributed by atoms with Crippen LogP contribution in [0.3, 0.4) is 0 Å². The minimum atomic E-state index is -0.783. The number of amides is 1. The van der Waals surface area contributed by atoms with E-state index in [-0.39, 0.29) is 31.1 Å². The molecule has 3 aliphatic rings. The first-order chi connectivity index (χ1) is 18.3. The van der Waals surface area contributed by atoms with E-state index in [0.717, 1.165) is 24.8 Å². The van der Waals surface area contributed by atoms with E-state index in [1.807, 2.05) is 30.3 Å². The van der Waals surface area contributed by atoms with Crippen molar-refractivity contribution in [2.24, 2.45) is 5.92 Å². The third-order valence-electron chi connectivity index (χ3n) is 7.76. The highest BCUT2D eigenvalue weighted by atomic mass is 16.8. The number of nitrogens with one attached hydrogen (secondary N) is 1. The molecule has 7 atom stereocenters. The van der Waals surface area contributed by atoms with E-state index in [9.17, 15) is 19.2 Å². The van der Waals surface area contributed by atoms with Crippen LogP contribution in [0, 0.1) is 5.92 Å². The number of likely N-dealkylation sites (tertiary alicyclic amines) is 1. The summed E-state index contributed by atoms with van der Waals surface area (Å²) in [5.74, 6) is -0.920. The van der Waals surface area contributed by atoms with Crippen molar-refractivity contribution < 1.29 is 38.1 Å². The highest BCUT2D eigenvalue weighted by molar-refractivity contribution is 5.89. The number of carbonyl (C=O) groups excluding carboxylic acids is 4. The Morgan fingerprint density at radius 2 is 1.89 bits per heavy atom. The van der Waals surface area contributed by atoms with Crippen LogP contribution < -0.4 is 5.32 Å². The summed E-state index contributed by atoms with van der Waals surface area (Å²) >= 11 is 0. The molecule has 1 aliphatic carbocycles. The van der Waals surface area contributed by atoms with Crippen LogP contribution >= 0.6 is 0 Å². The second-order valence-corrected chi connectivity index (χ2v) is 10.3. The number of carbonyl (C=O) groups is 4. The number of ether oxygens (including phenoxy) is 4. The molecule has 1 amide bonds. The molecule has 0 bridgehead atoms. The lowest BCUT2D eigenvalue weighted by atomic mass is 10.0. The molecule has 10 nitrogen and oxygen atoms in total. The van der Waals surface area contributed by atoms with Crippen molar-refractivity contribution in [3.05, 3.63) is 35.9 Å². The number of rotatable bonds is 11. The summed E-state index contributed by atoms with van der Waals surface area (Å²) in [6.45, 7) is 5.26. The Hall–Kier alpha value is -3.14. The predicted molar refractivity (Wildman–Crippen MR) is 136 cm³/mol. The number of cyclic esters (lactones) is 2. The molecular weight excluding hydrogens is 492 g/mol. The largest absolute Gasteiger partial charge is 0.509 e. The van der Waals surface area contributed by atoms with E-state index in [1.165, 1.54) is 0 Å². The molecule has 1 aromatic carbocycles. The van der Waals surface area contributed by atoms with Crippen LogP contribution in [0.4, 0.5) is 4.79 Å². The number of aryl methyl sites for hydroxylation is 1. The van der Waals surface area contributed by atoms with Gasteiger partial charge in [0.2, 0.25) is 5.91 Å². The maximum Gasteiger partial charge on any atom is 0.509 e. The standard InChI is InChI=1S/C28H38N2O8/c1-4-35-26(32)21(14-13-19-9-6-5-7-10-19)29-17(2)25(31)30-22-12-8-11-20(22)15-23(30)27(33)36-16-24-18(3)37-28(34)38-24/h5-7,9-10,17-18,20-24,29H,4,8,11-16H2,1-3H3/t17-,18-,20?,21-,22-,23-,24?/m0/s1. The average molecular weight is 531 g/mol. The maximum absolute atomic E-state index is 13.8. The zero-order valence-corrected chi connectivity index (χ0v) is 22.3. The average Bonchev–Trinajstić information content (AvgIpc) is 3.59. The molecule has 208 valence electrons. The third kappa shape index (κ3) is 6.46. The van der Waals surface area contributed by atoms with Gasteiger partial charge in [0, 0.05) is 6.04 Å². The van der Waals surface area contributed by atoms with E-state index in [2.05, 4.69) is 5.32 Å². The van der Waals surface area contributed by atoms with Gasteiger partial charge >= 0.3 is 18.1 Å². The lowest BCUT2D eigenvalue weighted by Crippen LogP contribution is -2.55. The van der Waals surface area contributed by atoms with Gasteiger partial charge in [-0.2, -0.15) is 0 Å². The monoisotopic (exact) mass is 530 g/mol. The summed E-state index contributed by atoms with van der Waals surface area (Å²) in [5.41, 5.74) is 1.09. The fraction of sp³-hybridized carbons (Fsp3) is 0.643. The lowest BCUT2D eigenvalue weighted by Gasteiger charge is -2.32. The topological polar surface area (TPSA) is 120 Å². The minimum absolute atomic E-state index is 0.0405. The van der Waals surface area contributed by atoms with E-state index in [0.29, 0.717) is 19.3 Å². The van der Waals surface area contributed by atoms with Gasteiger partial charge in [-0.3, -0.25) is 14.9 Å². The summed E-state index contributed by atoms with van der Waals surface area (Å²) in [6, 6.07) is 7.69. The first kappa shape index (κ1) is 27.9. The van der Waals surface area contributed by atoms with Crippen molar-refractivity contribution in [3.63, 3.8) is 0 Å². The van der Waals surface area contributed by atoms with E-state index < -0.39 is 48.4 Å². The third-order valence-corrected chi connectivity index (χ3v) is 7.76. The Balaban J connectivity index is 1.41. The van der Waals surface area contributed by atoms with Crippen LogP contribution in [-0.2, 0) is 39.8 Å². The maximum atomic E-state index is 13.8. The smallest absolute Gasteiger partial charge is 0.465 e. The molecule has 2 aliphatic heterocycles. The van der Waals surface area contributed by atoms with Crippen molar-refractivity contribution in [1.82, 2.24) is 10.2 Å². The lowest BCUT2D eigenvalue weighted by molar-refractivity contribution is -0.157. The summed E-state index contributed by atoms with van der Waals surface area (Å²) in [5, 5.41) is 3.18. The normalized spacial score (nSPS) is 27.7. The molecule has 1 saturated carbocycles. The molecule has 2 heterocycles. The zero-order valence-electron chi connectivity index (χ0n) is 22.3. The molecule has 10 heteroatoms. The van der Waals surface area contributed by atoms with E-state index >= 15 is 0 Å². The van der Waals surface area contributed by atoms with Crippen LogP contribution in [0.2, 0.25) is 0 Å². The second-order valence-electron chi connectivity index (χ2n) is 10.3. The summed E-state index contributed by atoms with van der Waals surface area (Å²) in [7, 11) is 0. The second kappa shape index (κ2) is 12.6. The van der Waals surface area contributed by atoms with Crippen LogP contribution in [0.25, 0.3) is 0 Å². The number of hydrogen-bond donors (Lipinski definition) is 1. The Kier molecular flexibility index (Phi) is 9.25. The number of nitrogens with zero attached hydrogens (tertiary/aromatic N) is 1. The van der Waals surface area contributed by atoms with E-state index in [4.69, 9.17) is 18.9 Å². The van der Waals surface area contributed by atoms with Crippen molar-refractivity contribution in [2.45, 2.75) is 95.7 Å². The first-order valence-corrected chi connectivity index (χ1v) is 13.6. The molecule has 0 radical (unpaired) electrons. The van der Waals surface area contributed by atoms with Gasteiger partial charge in [0.05, 0.1) is 12.6 Å². The highest BCUT2D eigenvalue weighted by Crippen LogP contribution is 2.42. The van der Waals surface area contributed by atoms with Gasteiger partial charge < -0.3 is 23.8 Å². The van der Waals surface area contributed by atoms with Crippen molar-refractivity contribution in [2.75, 3.05) is 13.2 Å². The van der Waals surface area contributed by atoms with Crippen molar-refractivity contribution in [3.8, 4) is 0 Å². The van der Waals surface area contributed by atoms with Crippen molar-refractivity contribution >= 4 is 24.0 Å². The summed E-state index contributed by atoms with van der Waals surface area (Å²) < 4.78 is 20.8. The Bertz CT molecular complexity index is 1000. The molecule has 0 aromatic heterocycles. The summed E-state index contributed by atoms with van der Waals surface area (Å²) in [4.78, 5) is 52.6. The Labute approximate surface area is 223 Å². The van der Waals surface area contributed by atoms with Crippen LogP contribution in [0.1, 0.15) is 58.4 Å². The Morgan fingerprint density at radius 1 is 1.13 bits per heavy atom. The minimum Gasteiger partial charge on any atom is -0.465 e. The number of esters is 2. The fourth-order valence-corrected chi connectivity index (χ4v) is 5.79. The molecule has 0 spiro atoms. The van der Waals surface area contributed by atoms with Gasteiger partial charge in [-0.25, -0.2) is 9.59 Å². The van der Waals surface area contributed by atoms with Gasteiger partial charge in [-0.15, -0.1) is 0 Å². The molecule has 38 heavy (non-hydrogen) atoms. The van der Waals surface area contributed by atoms with Crippen LogP contribution in [0.15, 0.2) is 30.3 Å². The van der Waals surface area contributed by atoms with Gasteiger partial charge in [0.25, 0.3) is 0 Å². The van der Waals surface area contributed by atoms with Gasteiger partial charge in [-0.1, -0.05) is 36.8 Å². The van der Waals surface area contributed by atoms with E-state index in [1.54, 1.807) is 25.7 Å². The Morgan fingerprint density at radius 3 is 2.58 bits per heavy atom. The first-order valence-electron chi connectivity index (χ1n) is 13.6. The van der Waals surface area contributed by atoms with Gasteiger partial charge in [0.15, 0.2) is 6.10 Å². The van der Waals surface area contributed by atoms with Gasteiger partial charge in [0.1, 0.15) is 24.8 Å². The molecule has 2 saturated heterocycles. The molecule has 1 aromatic rings. The molecule has 2 unspecified atom stereocenters. The molecule has 4 rings (SSSR count). The highest BCUT2D eigenvalue weighted by Gasteiger charge is 2.50. The predicted octanol–water partition coefficient (Wildman–Crippen LogP) is 2.77. The number of fused-ring (bicyclic) bond motifs is 1. The molecule has 1 N–H and O–H groups in total.